The molecule has 1 aromatic carbocycles. The average molecular weight is 212 g/mol. The second-order valence-corrected chi connectivity index (χ2v) is 4.09. The van der Waals surface area contributed by atoms with E-state index in [1.54, 1.807) is 0 Å². The summed E-state index contributed by atoms with van der Waals surface area (Å²) in [4.78, 5) is 2.16. The van der Waals surface area contributed by atoms with Crippen LogP contribution in [0.1, 0.15) is 0 Å². The Hall–Kier alpha value is -0.561. The van der Waals surface area contributed by atoms with Gasteiger partial charge in [-0.1, -0.05) is 0 Å². The molecule has 0 aliphatic carbocycles. The van der Waals surface area contributed by atoms with Crippen molar-refractivity contribution in [3.8, 4) is 0 Å². The molecular weight excluding hydrogens is 201 g/mol. The molecule has 0 amide bonds. The first-order valence-electron chi connectivity index (χ1n) is 3.50. The summed E-state index contributed by atoms with van der Waals surface area (Å²) >= 11 is 0.459. The maximum atomic E-state index is 5.32. The fraction of sp³-hybridized carbons (Fsp3) is 0.111. The summed E-state index contributed by atoms with van der Waals surface area (Å²) in [6, 6.07) is 10.4. The molecule has 0 aromatic heterocycles. The first kappa shape index (κ1) is 8.54. The van der Waals surface area contributed by atoms with E-state index >= 15 is 0 Å². The van der Waals surface area contributed by atoms with Crippen molar-refractivity contribution in [2.75, 3.05) is 6.54 Å². The second kappa shape index (κ2) is 5.14. The minimum absolute atomic E-state index is 0.459. The van der Waals surface area contributed by atoms with Crippen LogP contribution in [0.5, 0.6) is 0 Å². The van der Waals surface area contributed by atoms with Crippen molar-refractivity contribution in [2.45, 2.75) is 0 Å². The molecule has 0 aliphatic heterocycles. The van der Waals surface area contributed by atoms with Crippen LogP contribution in [0.15, 0.2) is 41.4 Å². The molecule has 0 atom stereocenters. The van der Waals surface area contributed by atoms with E-state index in [0.29, 0.717) is 21.5 Å². The first-order valence-corrected chi connectivity index (χ1v) is 5.35. The fourth-order valence-corrected chi connectivity index (χ4v) is 2.11. The second-order valence-electron chi connectivity index (χ2n) is 2.04. The van der Waals surface area contributed by atoms with E-state index < -0.39 is 0 Å². The number of nitrogens with two attached hydrogens (primary N) is 1. The summed E-state index contributed by atoms with van der Waals surface area (Å²) in [6.07, 6.45) is 2.01. The quantitative estimate of drug-likeness (QED) is 0.725. The third-order valence-electron chi connectivity index (χ3n) is 1.18. The van der Waals surface area contributed by atoms with Gasteiger partial charge in [-0.15, -0.1) is 0 Å². The molecule has 0 saturated carbocycles. The van der Waals surface area contributed by atoms with Crippen LogP contribution in [-0.4, -0.2) is 21.5 Å². The monoisotopic (exact) mass is 213 g/mol. The van der Waals surface area contributed by atoms with Gasteiger partial charge in [-0.3, -0.25) is 0 Å². The standard InChI is InChI=1S/C9H11NSe/c10-7-4-8-11-9-5-2-1-3-6-9/h1-6,8H,7,10H2. The third kappa shape index (κ3) is 3.38. The van der Waals surface area contributed by atoms with Crippen molar-refractivity contribution < 1.29 is 0 Å². The van der Waals surface area contributed by atoms with Gasteiger partial charge in [0.15, 0.2) is 0 Å². The van der Waals surface area contributed by atoms with Gasteiger partial charge in [-0.05, 0) is 0 Å². The molecule has 11 heavy (non-hydrogen) atoms. The Morgan fingerprint density at radius 2 is 2.00 bits per heavy atom. The van der Waals surface area contributed by atoms with Crippen molar-refractivity contribution >= 4 is 19.4 Å². The number of hydrogen-bond acceptors (Lipinski definition) is 1. The molecular formula is C9H11NSe. The van der Waals surface area contributed by atoms with E-state index in [9.17, 15) is 0 Å². The zero-order valence-corrected chi connectivity index (χ0v) is 7.95. The van der Waals surface area contributed by atoms with Gasteiger partial charge in [-0.2, -0.15) is 0 Å². The van der Waals surface area contributed by atoms with Crippen LogP contribution >= 0.6 is 0 Å². The Balaban J connectivity index is 2.45. The zero-order chi connectivity index (χ0) is 7.94. The van der Waals surface area contributed by atoms with Gasteiger partial charge in [0.25, 0.3) is 0 Å². The molecule has 0 bridgehead atoms. The van der Waals surface area contributed by atoms with Gasteiger partial charge in [0.05, 0.1) is 0 Å². The Bertz CT molecular complexity index is 218. The van der Waals surface area contributed by atoms with Crippen molar-refractivity contribution in [3.63, 3.8) is 0 Å². The van der Waals surface area contributed by atoms with Gasteiger partial charge in [-0.25, -0.2) is 0 Å². The third-order valence-corrected chi connectivity index (χ3v) is 3.01. The molecule has 2 heteroatoms. The van der Waals surface area contributed by atoms with Gasteiger partial charge in [0, 0.05) is 0 Å². The van der Waals surface area contributed by atoms with Crippen LogP contribution in [0, 0.1) is 0 Å². The zero-order valence-electron chi connectivity index (χ0n) is 6.23. The normalized spacial score (nSPS) is 10.6. The molecule has 0 unspecified atom stereocenters. The summed E-state index contributed by atoms with van der Waals surface area (Å²) in [5, 5.41) is 0. The summed E-state index contributed by atoms with van der Waals surface area (Å²) in [5.41, 5.74) is 5.32. The van der Waals surface area contributed by atoms with Crippen LogP contribution in [0.4, 0.5) is 0 Å². The van der Waals surface area contributed by atoms with E-state index in [2.05, 4.69) is 29.2 Å². The molecule has 0 saturated heterocycles. The molecule has 0 fully saturated rings. The molecule has 0 heterocycles. The molecule has 0 radical (unpaired) electrons. The molecule has 0 spiro atoms. The van der Waals surface area contributed by atoms with Crippen LogP contribution in [0.25, 0.3) is 0 Å². The minimum atomic E-state index is 0.459. The van der Waals surface area contributed by atoms with Crippen LogP contribution in [0.3, 0.4) is 0 Å². The summed E-state index contributed by atoms with van der Waals surface area (Å²) in [6.45, 7) is 0.647. The topological polar surface area (TPSA) is 26.0 Å². The first-order chi connectivity index (χ1) is 5.43. The molecule has 1 nitrogen and oxygen atoms in total. The van der Waals surface area contributed by atoms with Gasteiger partial charge in [0.2, 0.25) is 0 Å². The summed E-state index contributed by atoms with van der Waals surface area (Å²) < 4.78 is 1.39. The number of hydrogen-bond donors (Lipinski definition) is 1. The number of rotatable bonds is 3. The van der Waals surface area contributed by atoms with Gasteiger partial charge < -0.3 is 0 Å². The van der Waals surface area contributed by atoms with E-state index in [4.69, 9.17) is 5.73 Å². The van der Waals surface area contributed by atoms with Crippen molar-refractivity contribution in [1.29, 1.82) is 0 Å². The fourth-order valence-electron chi connectivity index (χ4n) is 0.681. The van der Waals surface area contributed by atoms with Crippen molar-refractivity contribution in [3.05, 3.63) is 41.4 Å². The van der Waals surface area contributed by atoms with Gasteiger partial charge in [0.1, 0.15) is 0 Å². The molecule has 1 aromatic rings. The predicted molar refractivity (Wildman–Crippen MR) is 50.0 cm³/mol. The van der Waals surface area contributed by atoms with E-state index in [0.717, 1.165) is 0 Å². The van der Waals surface area contributed by atoms with E-state index in [1.165, 1.54) is 4.46 Å². The Labute approximate surface area is 73.5 Å². The van der Waals surface area contributed by atoms with Crippen molar-refractivity contribution in [2.24, 2.45) is 5.73 Å². The SMILES string of the molecule is NCC=C[Se]c1ccccc1. The van der Waals surface area contributed by atoms with Crippen LogP contribution in [0.2, 0.25) is 0 Å². The average Bonchev–Trinajstić information content (AvgIpc) is 2.07. The van der Waals surface area contributed by atoms with E-state index in [-0.39, 0.29) is 0 Å². The molecule has 2 N–H and O–H groups in total. The summed E-state index contributed by atoms with van der Waals surface area (Å²) in [7, 11) is 0. The van der Waals surface area contributed by atoms with Crippen LogP contribution < -0.4 is 10.2 Å². The molecule has 0 aliphatic rings. The van der Waals surface area contributed by atoms with Gasteiger partial charge >= 0.3 is 73.1 Å². The molecule has 58 valence electrons. The van der Waals surface area contributed by atoms with Crippen LogP contribution in [-0.2, 0) is 0 Å². The Morgan fingerprint density at radius 3 is 2.64 bits per heavy atom. The molecule has 1 rings (SSSR count). The Kier molecular flexibility index (Phi) is 3.99. The predicted octanol–water partition coefficient (Wildman–Crippen LogP) is 0.488. The maximum absolute atomic E-state index is 5.32. The van der Waals surface area contributed by atoms with Crippen molar-refractivity contribution in [1.82, 2.24) is 0 Å². The van der Waals surface area contributed by atoms with E-state index in [1.807, 2.05) is 12.1 Å². The Morgan fingerprint density at radius 1 is 1.27 bits per heavy atom. The summed E-state index contributed by atoms with van der Waals surface area (Å²) in [5.74, 6) is 0. The number of benzene rings is 1.